The van der Waals surface area contributed by atoms with Crippen LogP contribution in [0.4, 0.5) is 0 Å². The third-order valence-electron chi connectivity index (χ3n) is 3.54. The van der Waals surface area contributed by atoms with Gasteiger partial charge in [0.2, 0.25) is 0 Å². The molecule has 2 heteroatoms. The predicted molar refractivity (Wildman–Crippen MR) is 69.1 cm³/mol. The highest BCUT2D eigenvalue weighted by Crippen LogP contribution is 2.39. The summed E-state index contributed by atoms with van der Waals surface area (Å²) < 4.78 is 1.14. The monoisotopic (exact) mass is 277 g/mol. The number of benzene rings is 1. The second kappa shape index (κ2) is 5.50. The SMILES string of the molecule is N#CCC1CCCCC1c1cccc(Br)c1. The van der Waals surface area contributed by atoms with Crippen LogP contribution in [0.25, 0.3) is 0 Å². The van der Waals surface area contributed by atoms with Crippen molar-refractivity contribution in [1.82, 2.24) is 0 Å². The molecule has 2 rings (SSSR count). The van der Waals surface area contributed by atoms with Gasteiger partial charge in [-0.15, -0.1) is 0 Å². The fourth-order valence-corrected chi connectivity index (χ4v) is 3.16. The van der Waals surface area contributed by atoms with E-state index in [-0.39, 0.29) is 0 Å². The number of nitriles is 1. The summed E-state index contributed by atoms with van der Waals surface area (Å²) >= 11 is 3.52. The third kappa shape index (κ3) is 2.65. The van der Waals surface area contributed by atoms with Gasteiger partial charge in [0.1, 0.15) is 0 Å². The van der Waals surface area contributed by atoms with Gasteiger partial charge in [0.25, 0.3) is 0 Å². The van der Waals surface area contributed by atoms with Crippen molar-refractivity contribution in [2.75, 3.05) is 0 Å². The molecule has 1 saturated carbocycles. The Hall–Kier alpha value is -0.810. The van der Waals surface area contributed by atoms with Crippen molar-refractivity contribution in [2.24, 2.45) is 5.92 Å². The molecule has 0 aliphatic heterocycles. The first-order valence-corrected chi connectivity index (χ1v) is 6.73. The normalized spacial score (nSPS) is 25.0. The van der Waals surface area contributed by atoms with E-state index in [1.54, 1.807) is 0 Å². The van der Waals surface area contributed by atoms with Crippen LogP contribution >= 0.6 is 15.9 Å². The highest BCUT2D eigenvalue weighted by molar-refractivity contribution is 9.10. The quantitative estimate of drug-likeness (QED) is 0.773. The Morgan fingerprint density at radius 3 is 2.88 bits per heavy atom. The molecule has 2 atom stereocenters. The van der Waals surface area contributed by atoms with E-state index in [1.807, 2.05) is 0 Å². The Balaban J connectivity index is 2.20. The van der Waals surface area contributed by atoms with Gasteiger partial charge in [-0.2, -0.15) is 5.26 Å². The van der Waals surface area contributed by atoms with E-state index >= 15 is 0 Å². The van der Waals surface area contributed by atoms with E-state index in [9.17, 15) is 0 Å². The maximum Gasteiger partial charge on any atom is 0.0624 e. The maximum absolute atomic E-state index is 8.88. The highest BCUT2D eigenvalue weighted by atomic mass is 79.9. The fraction of sp³-hybridized carbons (Fsp3) is 0.500. The minimum atomic E-state index is 0.563. The molecular formula is C14H16BrN. The van der Waals surface area contributed by atoms with Crippen molar-refractivity contribution in [3.8, 4) is 6.07 Å². The first kappa shape index (κ1) is 11.7. The summed E-state index contributed by atoms with van der Waals surface area (Å²) in [4.78, 5) is 0. The molecule has 1 aromatic carbocycles. The fourth-order valence-electron chi connectivity index (χ4n) is 2.75. The van der Waals surface area contributed by atoms with Crippen LogP contribution in [0.3, 0.4) is 0 Å². The molecule has 1 aliphatic rings. The predicted octanol–water partition coefficient (Wildman–Crippen LogP) is 4.64. The molecule has 16 heavy (non-hydrogen) atoms. The summed E-state index contributed by atoms with van der Waals surface area (Å²) in [5.74, 6) is 1.15. The number of hydrogen-bond donors (Lipinski definition) is 0. The van der Waals surface area contributed by atoms with Crippen molar-refractivity contribution in [1.29, 1.82) is 5.26 Å². The first-order valence-electron chi connectivity index (χ1n) is 5.93. The lowest BCUT2D eigenvalue weighted by Crippen LogP contribution is -2.17. The Morgan fingerprint density at radius 1 is 1.31 bits per heavy atom. The average molecular weight is 278 g/mol. The zero-order valence-electron chi connectivity index (χ0n) is 9.32. The van der Waals surface area contributed by atoms with Gasteiger partial charge in [-0.1, -0.05) is 40.9 Å². The van der Waals surface area contributed by atoms with Crippen LogP contribution in [-0.4, -0.2) is 0 Å². The summed E-state index contributed by atoms with van der Waals surface area (Å²) in [6, 6.07) is 10.9. The molecule has 0 bridgehead atoms. The summed E-state index contributed by atoms with van der Waals surface area (Å²) in [5.41, 5.74) is 1.40. The number of nitrogens with zero attached hydrogens (tertiary/aromatic N) is 1. The Bertz CT molecular complexity index is 394. The molecular weight excluding hydrogens is 262 g/mol. The van der Waals surface area contributed by atoms with Crippen molar-refractivity contribution < 1.29 is 0 Å². The lowest BCUT2D eigenvalue weighted by atomic mass is 9.74. The molecule has 0 spiro atoms. The molecule has 0 N–H and O–H groups in total. The molecule has 2 unspecified atom stereocenters. The van der Waals surface area contributed by atoms with Crippen LogP contribution < -0.4 is 0 Å². The lowest BCUT2D eigenvalue weighted by molar-refractivity contribution is 0.312. The van der Waals surface area contributed by atoms with Gasteiger partial charge in [0.05, 0.1) is 6.07 Å². The van der Waals surface area contributed by atoms with E-state index < -0.39 is 0 Å². The molecule has 1 aliphatic carbocycles. The number of halogens is 1. The maximum atomic E-state index is 8.88. The summed E-state index contributed by atoms with van der Waals surface area (Å²) in [7, 11) is 0. The van der Waals surface area contributed by atoms with Gasteiger partial charge < -0.3 is 0 Å². The standard InChI is InChI=1S/C14H16BrN/c15-13-6-3-5-12(10-13)14-7-2-1-4-11(14)8-9-16/h3,5-6,10-11,14H,1-2,4,7-8H2. The van der Waals surface area contributed by atoms with Gasteiger partial charge in [-0.25, -0.2) is 0 Å². The largest absolute Gasteiger partial charge is 0.198 e. The number of rotatable bonds is 2. The molecule has 1 nitrogen and oxygen atoms in total. The van der Waals surface area contributed by atoms with Crippen LogP contribution in [0.5, 0.6) is 0 Å². The molecule has 0 amide bonds. The first-order chi connectivity index (χ1) is 7.81. The van der Waals surface area contributed by atoms with E-state index in [4.69, 9.17) is 5.26 Å². The zero-order chi connectivity index (χ0) is 11.4. The van der Waals surface area contributed by atoms with Gasteiger partial charge in [-0.3, -0.25) is 0 Å². The van der Waals surface area contributed by atoms with E-state index in [1.165, 1.54) is 31.2 Å². The van der Waals surface area contributed by atoms with Gasteiger partial charge in [0, 0.05) is 10.9 Å². The van der Waals surface area contributed by atoms with Crippen molar-refractivity contribution >= 4 is 15.9 Å². The molecule has 0 heterocycles. The van der Waals surface area contributed by atoms with Crippen LogP contribution in [0.1, 0.15) is 43.6 Å². The van der Waals surface area contributed by atoms with Crippen molar-refractivity contribution in [2.45, 2.75) is 38.0 Å². The van der Waals surface area contributed by atoms with Crippen LogP contribution in [-0.2, 0) is 0 Å². The van der Waals surface area contributed by atoms with Crippen molar-refractivity contribution in [3.05, 3.63) is 34.3 Å². The smallest absolute Gasteiger partial charge is 0.0624 e. The van der Waals surface area contributed by atoms with E-state index in [2.05, 4.69) is 46.3 Å². The summed E-state index contributed by atoms with van der Waals surface area (Å²) in [6.07, 6.45) is 5.75. The molecule has 0 aromatic heterocycles. The van der Waals surface area contributed by atoms with Gasteiger partial charge in [-0.05, 0) is 42.4 Å². The molecule has 0 saturated heterocycles. The summed E-state index contributed by atoms with van der Waals surface area (Å²) in [5, 5.41) is 8.88. The second-order valence-electron chi connectivity index (χ2n) is 4.57. The van der Waals surface area contributed by atoms with E-state index in [0.29, 0.717) is 18.3 Å². The van der Waals surface area contributed by atoms with Crippen LogP contribution in [0.15, 0.2) is 28.7 Å². The third-order valence-corrected chi connectivity index (χ3v) is 4.03. The zero-order valence-corrected chi connectivity index (χ0v) is 10.9. The summed E-state index contributed by atoms with van der Waals surface area (Å²) in [6.45, 7) is 0. The Labute approximate surface area is 106 Å². The Morgan fingerprint density at radius 2 is 2.12 bits per heavy atom. The minimum Gasteiger partial charge on any atom is -0.198 e. The minimum absolute atomic E-state index is 0.563. The van der Waals surface area contributed by atoms with Crippen LogP contribution in [0, 0.1) is 17.2 Å². The highest BCUT2D eigenvalue weighted by Gasteiger charge is 2.26. The molecule has 0 radical (unpaired) electrons. The average Bonchev–Trinajstić information content (AvgIpc) is 2.30. The molecule has 1 fully saturated rings. The number of hydrogen-bond acceptors (Lipinski definition) is 1. The van der Waals surface area contributed by atoms with Gasteiger partial charge in [0.15, 0.2) is 0 Å². The second-order valence-corrected chi connectivity index (χ2v) is 5.48. The van der Waals surface area contributed by atoms with E-state index in [0.717, 1.165) is 4.47 Å². The molecule has 1 aromatic rings. The Kier molecular flexibility index (Phi) is 4.01. The lowest BCUT2D eigenvalue weighted by Gasteiger charge is -2.30. The topological polar surface area (TPSA) is 23.8 Å². The van der Waals surface area contributed by atoms with Gasteiger partial charge >= 0.3 is 0 Å². The molecule has 84 valence electrons. The van der Waals surface area contributed by atoms with Crippen LogP contribution in [0.2, 0.25) is 0 Å². The van der Waals surface area contributed by atoms with Crippen molar-refractivity contribution in [3.63, 3.8) is 0 Å².